The van der Waals surface area contributed by atoms with Gasteiger partial charge in [0.15, 0.2) is 5.78 Å². The Morgan fingerprint density at radius 1 is 1.17 bits per heavy atom. The molecule has 1 aromatic rings. The molecule has 1 rings (SSSR count). The molecule has 0 bridgehead atoms. The monoisotopic (exact) mass is 346 g/mol. The Morgan fingerprint density at radius 3 is 2.38 bits per heavy atom. The van der Waals surface area contributed by atoms with Crippen LogP contribution in [-0.2, 0) is 15.6 Å². The zero-order valence-electron chi connectivity index (χ0n) is 15.6. The topological polar surface area (TPSA) is 34.1 Å². The minimum atomic E-state index is -1.27. The summed E-state index contributed by atoms with van der Waals surface area (Å²) in [6.07, 6.45) is 8.78. The summed E-state index contributed by atoms with van der Waals surface area (Å²) >= 11 is 0. The molecule has 0 aliphatic carbocycles. The molecule has 0 saturated carbocycles. The molecule has 1 unspecified atom stereocenters. The van der Waals surface area contributed by atoms with Gasteiger partial charge in [-0.2, -0.15) is 0 Å². The summed E-state index contributed by atoms with van der Waals surface area (Å²) in [5, 5.41) is 0. The fourth-order valence-electron chi connectivity index (χ4n) is 2.31. The van der Waals surface area contributed by atoms with E-state index in [1.54, 1.807) is 6.08 Å². The van der Waals surface area contributed by atoms with Crippen LogP contribution in [0.25, 0.3) is 0 Å². The van der Waals surface area contributed by atoms with Gasteiger partial charge in [-0.15, -0.1) is 0 Å². The Hall–Kier alpha value is -1.48. The van der Waals surface area contributed by atoms with E-state index in [2.05, 4.69) is 33.8 Å². The lowest BCUT2D eigenvalue weighted by Crippen LogP contribution is -2.11. The number of ketones is 1. The molecule has 24 heavy (non-hydrogen) atoms. The van der Waals surface area contributed by atoms with Gasteiger partial charge in [-0.05, 0) is 63.7 Å². The van der Waals surface area contributed by atoms with Gasteiger partial charge in [-0.1, -0.05) is 49.3 Å². The molecule has 132 valence electrons. The quantitative estimate of drug-likeness (QED) is 0.444. The summed E-state index contributed by atoms with van der Waals surface area (Å²) in [6.45, 7) is 10.6. The Kier molecular flexibility index (Phi) is 8.34. The van der Waals surface area contributed by atoms with Crippen LogP contribution in [0.2, 0.25) is 0 Å². The maximum Gasteiger partial charge on any atom is 0.168 e. The first-order chi connectivity index (χ1) is 11.2. The molecule has 2 nitrogen and oxygen atoms in total. The third-order valence-corrected chi connectivity index (χ3v) is 5.25. The lowest BCUT2D eigenvalue weighted by molar-refractivity contribution is -0.112. The molecule has 0 aromatic heterocycles. The molecular formula is C21H30O2S. The van der Waals surface area contributed by atoms with Crippen LogP contribution in [0.5, 0.6) is 0 Å². The Bertz CT molecular complexity index is 618. The molecule has 1 atom stereocenters. The van der Waals surface area contributed by atoms with Crippen LogP contribution in [0.3, 0.4) is 0 Å². The fourth-order valence-corrected chi connectivity index (χ4v) is 3.27. The molecule has 0 aliphatic rings. The Labute approximate surface area is 149 Å². The lowest BCUT2D eigenvalue weighted by atomic mass is 9.84. The summed E-state index contributed by atoms with van der Waals surface area (Å²) in [7, 11) is -1.27. The van der Waals surface area contributed by atoms with Crippen LogP contribution in [0.15, 0.2) is 53.0 Å². The molecule has 0 amide bonds. The van der Waals surface area contributed by atoms with Crippen LogP contribution in [-0.4, -0.2) is 15.7 Å². The van der Waals surface area contributed by atoms with E-state index in [1.165, 1.54) is 5.57 Å². The van der Waals surface area contributed by atoms with Crippen molar-refractivity contribution in [2.45, 2.75) is 58.8 Å². The molecule has 0 radical (unpaired) electrons. The highest BCUT2D eigenvalue weighted by Crippen LogP contribution is 2.27. The number of aryl methyl sites for hydroxylation is 1. The standard InChI is InChI=1S/C21H30O2S/c1-17(2)8-6-14-21(4,5)15-7-9-19(22)16-24(23)20-12-10-18(3)11-13-20/h7-13H,6,14-16H2,1-5H3/b9-7+. The minimum Gasteiger partial charge on any atom is -0.294 e. The first kappa shape index (κ1) is 20.6. The number of rotatable bonds is 9. The molecule has 0 fully saturated rings. The molecule has 0 N–H and O–H groups in total. The zero-order chi connectivity index (χ0) is 18.2. The molecule has 0 spiro atoms. The number of carbonyl (C=O) groups excluding carboxylic acids is 1. The van der Waals surface area contributed by atoms with Gasteiger partial charge in [0.25, 0.3) is 0 Å². The van der Waals surface area contributed by atoms with Gasteiger partial charge in [0, 0.05) is 4.90 Å². The van der Waals surface area contributed by atoms with Gasteiger partial charge in [0.05, 0.1) is 16.6 Å². The number of allylic oxidation sites excluding steroid dienone is 4. The van der Waals surface area contributed by atoms with Gasteiger partial charge in [-0.3, -0.25) is 9.00 Å². The predicted octanol–water partition coefficient (Wildman–Crippen LogP) is 5.39. The van der Waals surface area contributed by atoms with Gasteiger partial charge < -0.3 is 0 Å². The average Bonchev–Trinajstić information content (AvgIpc) is 2.46. The number of hydrogen-bond acceptors (Lipinski definition) is 2. The zero-order valence-corrected chi connectivity index (χ0v) is 16.4. The second-order valence-electron chi connectivity index (χ2n) is 7.36. The summed E-state index contributed by atoms with van der Waals surface area (Å²) in [5.41, 5.74) is 2.63. The summed E-state index contributed by atoms with van der Waals surface area (Å²) in [4.78, 5) is 12.7. The van der Waals surface area contributed by atoms with Gasteiger partial charge >= 0.3 is 0 Å². The highest BCUT2D eigenvalue weighted by atomic mass is 32.2. The highest BCUT2D eigenvalue weighted by molar-refractivity contribution is 7.85. The van der Waals surface area contributed by atoms with Crippen molar-refractivity contribution < 1.29 is 9.00 Å². The van der Waals surface area contributed by atoms with Crippen molar-refractivity contribution in [2.75, 3.05) is 5.75 Å². The van der Waals surface area contributed by atoms with Crippen LogP contribution in [0.1, 0.15) is 52.5 Å². The van der Waals surface area contributed by atoms with Crippen molar-refractivity contribution in [3.63, 3.8) is 0 Å². The molecule has 0 heterocycles. The molecule has 3 heteroatoms. The van der Waals surface area contributed by atoms with Crippen molar-refractivity contribution in [1.82, 2.24) is 0 Å². The third kappa shape index (κ3) is 8.39. The van der Waals surface area contributed by atoms with E-state index >= 15 is 0 Å². The molecular weight excluding hydrogens is 316 g/mol. The van der Waals surface area contributed by atoms with E-state index in [-0.39, 0.29) is 17.0 Å². The normalized spacial score (nSPS) is 13.0. The predicted molar refractivity (Wildman–Crippen MR) is 104 cm³/mol. The number of carbonyl (C=O) groups is 1. The van der Waals surface area contributed by atoms with Gasteiger partial charge in [-0.25, -0.2) is 0 Å². The van der Waals surface area contributed by atoms with Crippen molar-refractivity contribution in [3.05, 3.63) is 53.6 Å². The Morgan fingerprint density at radius 2 is 1.79 bits per heavy atom. The second-order valence-corrected chi connectivity index (χ2v) is 8.81. The van der Waals surface area contributed by atoms with Crippen LogP contribution >= 0.6 is 0 Å². The van der Waals surface area contributed by atoms with E-state index in [9.17, 15) is 9.00 Å². The average molecular weight is 347 g/mol. The summed E-state index contributed by atoms with van der Waals surface area (Å²) < 4.78 is 12.2. The fraction of sp³-hybridized carbons (Fsp3) is 0.476. The van der Waals surface area contributed by atoms with Crippen molar-refractivity contribution in [2.24, 2.45) is 5.41 Å². The number of benzene rings is 1. The van der Waals surface area contributed by atoms with Crippen LogP contribution < -0.4 is 0 Å². The van der Waals surface area contributed by atoms with E-state index in [0.717, 1.165) is 24.8 Å². The van der Waals surface area contributed by atoms with Gasteiger partial charge in [0.1, 0.15) is 0 Å². The highest BCUT2D eigenvalue weighted by Gasteiger charge is 2.15. The van der Waals surface area contributed by atoms with E-state index in [1.807, 2.05) is 37.3 Å². The lowest BCUT2D eigenvalue weighted by Gasteiger charge is -2.22. The summed E-state index contributed by atoms with van der Waals surface area (Å²) in [6, 6.07) is 7.49. The molecule has 1 aromatic carbocycles. The van der Waals surface area contributed by atoms with Crippen LogP contribution in [0.4, 0.5) is 0 Å². The van der Waals surface area contributed by atoms with E-state index < -0.39 is 10.8 Å². The maximum atomic E-state index is 12.2. The van der Waals surface area contributed by atoms with Gasteiger partial charge in [0.2, 0.25) is 0 Å². The van der Waals surface area contributed by atoms with E-state index in [0.29, 0.717) is 4.90 Å². The Balaban J connectivity index is 2.46. The van der Waals surface area contributed by atoms with Crippen molar-refractivity contribution in [3.8, 4) is 0 Å². The first-order valence-electron chi connectivity index (χ1n) is 8.47. The molecule has 0 aliphatic heterocycles. The van der Waals surface area contributed by atoms with E-state index in [4.69, 9.17) is 0 Å². The minimum absolute atomic E-state index is 0.0533. The number of hydrogen-bond donors (Lipinski definition) is 0. The molecule has 0 saturated heterocycles. The first-order valence-corrected chi connectivity index (χ1v) is 9.79. The van der Waals surface area contributed by atoms with Crippen molar-refractivity contribution in [1.29, 1.82) is 0 Å². The maximum absolute atomic E-state index is 12.2. The third-order valence-electron chi connectivity index (χ3n) is 3.91. The van der Waals surface area contributed by atoms with Crippen LogP contribution in [0, 0.1) is 12.3 Å². The second kappa shape index (κ2) is 9.73. The largest absolute Gasteiger partial charge is 0.294 e. The SMILES string of the molecule is CC(C)=CCCC(C)(C)C/C=C/C(=O)CS(=O)c1ccc(C)cc1. The summed E-state index contributed by atoms with van der Waals surface area (Å²) in [5.74, 6) is -0.0217. The van der Waals surface area contributed by atoms with Crippen molar-refractivity contribution >= 4 is 16.6 Å². The smallest absolute Gasteiger partial charge is 0.168 e.